The van der Waals surface area contributed by atoms with Crippen LogP contribution in [0.2, 0.25) is 0 Å². The van der Waals surface area contributed by atoms with Crippen LogP contribution in [0.3, 0.4) is 0 Å². The molecule has 0 aromatic carbocycles. The first-order valence-corrected chi connectivity index (χ1v) is 4.13. The van der Waals surface area contributed by atoms with Gasteiger partial charge < -0.3 is 0 Å². The largest absolute Gasteiger partial charge is 0.692 e. The van der Waals surface area contributed by atoms with Crippen molar-refractivity contribution in [3.8, 4) is 5.40 Å². The maximum Gasteiger partial charge on any atom is 0.692 e. The molecule has 0 rings (SSSR count). The van der Waals surface area contributed by atoms with Crippen LogP contribution >= 0.6 is 8.25 Å². The van der Waals surface area contributed by atoms with Gasteiger partial charge in [0.05, 0.1) is 0 Å². The molecule has 74 valence electrons. The molecule has 0 bridgehead atoms. The fourth-order valence-electron chi connectivity index (χ4n) is 0. The Morgan fingerprint density at radius 1 is 1.25 bits per heavy atom. The Morgan fingerprint density at radius 3 is 1.33 bits per heavy atom. The predicted octanol–water partition coefficient (Wildman–Crippen LogP) is 0.256. The molecule has 12 heavy (non-hydrogen) atoms. The van der Waals surface area contributed by atoms with Gasteiger partial charge >= 0.3 is 18.4 Å². The maximum atomic E-state index is 9.19. The summed E-state index contributed by atoms with van der Waals surface area (Å²) in [4.78, 5) is 14.2. The molecular formula is C3H11NO6PS+. The molecule has 3 N–H and O–H groups in total. The van der Waals surface area contributed by atoms with Gasteiger partial charge in [0.2, 0.25) is 5.40 Å². The molecule has 0 amide bonds. The van der Waals surface area contributed by atoms with Crippen molar-refractivity contribution in [1.82, 2.24) is 0 Å². The summed E-state index contributed by atoms with van der Waals surface area (Å²) in [5, 5.41) is 7.95. The van der Waals surface area contributed by atoms with E-state index in [-0.39, 0.29) is 14.9 Å². The van der Waals surface area contributed by atoms with Crippen molar-refractivity contribution in [3.05, 3.63) is 0 Å². The number of nitriles is 1. The normalized spacial score (nSPS) is 7.17. The second-order valence-electron chi connectivity index (χ2n) is 0.819. The van der Waals surface area contributed by atoms with Crippen molar-refractivity contribution in [2.75, 3.05) is 0 Å². The number of rotatable bonds is 0. The SMILES string of the molecule is C.C.N#CS(=O)(=O)O.O=[P+](O)O. The monoisotopic (exact) mass is 220 g/mol. The molecule has 0 radical (unpaired) electrons. The van der Waals surface area contributed by atoms with Crippen molar-refractivity contribution < 1.29 is 27.3 Å². The Morgan fingerprint density at radius 2 is 1.33 bits per heavy atom. The van der Waals surface area contributed by atoms with Crippen LogP contribution in [0.1, 0.15) is 14.9 Å². The average Bonchev–Trinajstić information content (AvgIpc) is 1.63. The molecule has 0 saturated heterocycles. The maximum absolute atomic E-state index is 9.19. The fraction of sp³-hybridized carbons (Fsp3) is 0.667. The fourth-order valence-corrected chi connectivity index (χ4v) is 0. The molecule has 0 aliphatic rings. The highest BCUT2D eigenvalue weighted by molar-refractivity contribution is 7.90. The minimum absolute atomic E-state index is 0. The zero-order valence-corrected chi connectivity index (χ0v) is 6.08. The van der Waals surface area contributed by atoms with Gasteiger partial charge in [0, 0.05) is 4.57 Å². The number of hydrogen-bond acceptors (Lipinski definition) is 4. The van der Waals surface area contributed by atoms with E-state index >= 15 is 0 Å². The van der Waals surface area contributed by atoms with E-state index in [9.17, 15) is 8.42 Å². The molecule has 0 aliphatic heterocycles. The van der Waals surface area contributed by atoms with Gasteiger partial charge in [0.15, 0.2) is 0 Å². The summed E-state index contributed by atoms with van der Waals surface area (Å²) in [5.74, 6) is 0. The number of thiocyanates is 1. The lowest BCUT2D eigenvalue weighted by Gasteiger charge is -1.65. The molecular weight excluding hydrogens is 209 g/mol. The molecule has 0 unspecified atom stereocenters. The Hall–Kier alpha value is -0.580. The molecule has 0 heterocycles. The van der Waals surface area contributed by atoms with E-state index in [4.69, 9.17) is 24.2 Å². The van der Waals surface area contributed by atoms with Crippen LogP contribution in [0.4, 0.5) is 0 Å². The summed E-state index contributed by atoms with van der Waals surface area (Å²) in [6, 6.07) is 0. The van der Waals surface area contributed by atoms with Crippen LogP contribution in [0.5, 0.6) is 0 Å². The summed E-state index contributed by atoms with van der Waals surface area (Å²) >= 11 is 0. The van der Waals surface area contributed by atoms with Gasteiger partial charge in [-0.3, -0.25) is 4.55 Å². The number of nitrogens with zero attached hydrogens (tertiary/aromatic N) is 1. The molecule has 0 saturated carbocycles. The third-order valence-corrected chi connectivity index (χ3v) is 0.346. The summed E-state index contributed by atoms with van der Waals surface area (Å²) < 4.78 is 34.5. The Balaban J connectivity index is -0.0000000483. The lowest BCUT2D eigenvalue weighted by Crippen LogP contribution is -1.87. The quantitative estimate of drug-likeness (QED) is 0.230. The number of hydrogen-bond donors (Lipinski definition) is 3. The van der Waals surface area contributed by atoms with Crippen molar-refractivity contribution in [1.29, 1.82) is 5.26 Å². The first-order valence-electron chi connectivity index (χ1n) is 1.53. The van der Waals surface area contributed by atoms with Crippen LogP contribution in [0.15, 0.2) is 0 Å². The van der Waals surface area contributed by atoms with Crippen LogP contribution in [-0.4, -0.2) is 22.8 Å². The van der Waals surface area contributed by atoms with Crippen LogP contribution in [0.25, 0.3) is 0 Å². The predicted molar refractivity (Wildman–Crippen MR) is 42.7 cm³/mol. The van der Waals surface area contributed by atoms with E-state index in [2.05, 4.69) is 0 Å². The van der Waals surface area contributed by atoms with Gasteiger partial charge in [-0.1, -0.05) is 14.9 Å². The molecule has 7 nitrogen and oxygen atoms in total. The summed E-state index contributed by atoms with van der Waals surface area (Å²) in [7, 11) is -7.23. The van der Waals surface area contributed by atoms with Gasteiger partial charge in [-0.25, -0.2) is 0 Å². The second kappa shape index (κ2) is 10.4. The Labute approximate surface area is 72.0 Å². The third-order valence-electron chi connectivity index (χ3n) is 0.115. The Bertz CT molecular complexity index is 236. The molecule has 0 atom stereocenters. The topological polar surface area (TPSA) is 136 Å². The van der Waals surface area contributed by atoms with Crippen LogP contribution < -0.4 is 0 Å². The van der Waals surface area contributed by atoms with E-state index in [0.717, 1.165) is 0 Å². The van der Waals surface area contributed by atoms with E-state index in [1.54, 1.807) is 0 Å². The minimum Gasteiger partial charge on any atom is -0.274 e. The van der Waals surface area contributed by atoms with E-state index < -0.39 is 18.4 Å². The molecule has 0 aliphatic carbocycles. The van der Waals surface area contributed by atoms with Crippen molar-refractivity contribution in [2.45, 2.75) is 14.9 Å². The first kappa shape index (κ1) is 22.5. The Kier molecular flexibility index (Phi) is 19.6. The first-order chi connectivity index (χ1) is 4.29. The zero-order valence-electron chi connectivity index (χ0n) is 4.37. The van der Waals surface area contributed by atoms with E-state index in [1.807, 2.05) is 0 Å². The molecule has 9 heteroatoms. The van der Waals surface area contributed by atoms with Crippen LogP contribution in [-0.2, 0) is 14.7 Å². The molecule has 0 aromatic rings. The molecule has 0 aromatic heterocycles. The second-order valence-corrected chi connectivity index (χ2v) is 2.46. The summed E-state index contributed by atoms with van der Waals surface area (Å²) in [6.07, 6.45) is 0. The van der Waals surface area contributed by atoms with Gasteiger partial charge in [-0.15, -0.1) is 9.79 Å². The molecule has 0 fully saturated rings. The van der Waals surface area contributed by atoms with E-state index in [0.29, 0.717) is 5.40 Å². The van der Waals surface area contributed by atoms with Gasteiger partial charge in [0.25, 0.3) is 0 Å². The summed E-state index contributed by atoms with van der Waals surface area (Å²) in [6.45, 7) is 0. The highest BCUT2D eigenvalue weighted by atomic mass is 32.2. The molecule has 0 spiro atoms. The lowest BCUT2D eigenvalue weighted by atomic mass is 11.8. The minimum atomic E-state index is -4.36. The van der Waals surface area contributed by atoms with Gasteiger partial charge in [0.1, 0.15) is 0 Å². The zero-order chi connectivity index (χ0) is 8.78. The third kappa shape index (κ3) is 114. The van der Waals surface area contributed by atoms with Crippen molar-refractivity contribution in [3.63, 3.8) is 0 Å². The van der Waals surface area contributed by atoms with Gasteiger partial charge in [-0.2, -0.15) is 13.7 Å². The summed E-state index contributed by atoms with van der Waals surface area (Å²) in [5.41, 5.74) is 0. The highest BCUT2D eigenvalue weighted by Crippen LogP contribution is 1.98. The highest BCUT2D eigenvalue weighted by Gasteiger charge is 1.93. The van der Waals surface area contributed by atoms with Crippen molar-refractivity contribution >= 4 is 18.4 Å². The standard InChI is InChI=1S/CHNO3S.2CH4.HO3P/c2-1-6(3,4)5;;;1-4(2)3/h(H,3,4,5);2*1H4;(H-,1,2,3)/p+1. The average molecular weight is 220 g/mol. The van der Waals surface area contributed by atoms with Gasteiger partial charge in [-0.05, 0) is 0 Å². The van der Waals surface area contributed by atoms with Crippen molar-refractivity contribution in [2.24, 2.45) is 0 Å². The lowest BCUT2D eigenvalue weighted by molar-refractivity contribution is 0.405. The van der Waals surface area contributed by atoms with Crippen LogP contribution in [0, 0.1) is 10.7 Å². The smallest absolute Gasteiger partial charge is 0.274 e. The van der Waals surface area contributed by atoms with E-state index in [1.165, 1.54) is 0 Å².